The summed E-state index contributed by atoms with van der Waals surface area (Å²) < 4.78 is 0.276. The van der Waals surface area contributed by atoms with Crippen molar-refractivity contribution in [2.24, 2.45) is 0 Å². The largest absolute Gasteiger partial charge is 0.358 e. The maximum absolute atomic E-state index is 5.46. The minimum atomic E-state index is 0.168. The summed E-state index contributed by atoms with van der Waals surface area (Å²) in [5.74, 6) is 0. The molecule has 0 fully saturated rings. The van der Waals surface area contributed by atoms with Gasteiger partial charge in [-0.15, -0.1) is 11.8 Å². The van der Waals surface area contributed by atoms with Gasteiger partial charge in [0.1, 0.15) is 0 Å². The zero-order valence-electron chi connectivity index (χ0n) is 15.3. The van der Waals surface area contributed by atoms with E-state index in [-0.39, 0.29) is 10.2 Å². The molecule has 0 aromatic heterocycles. The number of rotatable bonds is 3. The molecule has 2 aromatic carbocycles. The third-order valence-electron chi connectivity index (χ3n) is 4.52. The van der Waals surface area contributed by atoms with E-state index in [1.54, 1.807) is 0 Å². The van der Waals surface area contributed by atoms with Gasteiger partial charge in [0.2, 0.25) is 0 Å². The third kappa shape index (κ3) is 4.56. The van der Waals surface area contributed by atoms with E-state index in [0.29, 0.717) is 5.11 Å². The summed E-state index contributed by atoms with van der Waals surface area (Å²) in [6, 6.07) is 16.9. The molecule has 4 heteroatoms. The van der Waals surface area contributed by atoms with Crippen LogP contribution in [-0.2, 0) is 12.0 Å². The molecule has 3 rings (SSSR count). The summed E-state index contributed by atoms with van der Waals surface area (Å²) in [5, 5.41) is 7.27. The Morgan fingerprint density at radius 3 is 2.52 bits per heavy atom. The van der Waals surface area contributed by atoms with Gasteiger partial charge in [0.25, 0.3) is 0 Å². The van der Waals surface area contributed by atoms with E-state index in [1.807, 2.05) is 30.0 Å². The molecule has 0 saturated heterocycles. The number of fused-ring (bicyclic) bond motifs is 1. The van der Waals surface area contributed by atoms with Crippen molar-refractivity contribution in [3.05, 3.63) is 59.7 Å². The molecule has 2 aromatic rings. The lowest BCUT2D eigenvalue weighted by Gasteiger charge is -2.41. The first-order valence-electron chi connectivity index (χ1n) is 8.68. The number of nitrogens with one attached hydrogen (secondary N) is 2. The van der Waals surface area contributed by atoms with Crippen molar-refractivity contribution >= 4 is 34.8 Å². The zero-order chi connectivity index (χ0) is 18.1. The van der Waals surface area contributed by atoms with Gasteiger partial charge in [0.15, 0.2) is 5.11 Å². The van der Waals surface area contributed by atoms with Crippen molar-refractivity contribution in [3.8, 4) is 0 Å². The van der Waals surface area contributed by atoms with Gasteiger partial charge < -0.3 is 10.6 Å². The summed E-state index contributed by atoms with van der Waals surface area (Å²) in [6.45, 7) is 10.1. The topological polar surface area (TPSA) is 24.1 Å². The predicted molar refractivity (Wildman–Crippen MR) is 114 cm³/mol. The molecule has 0 saturated carbocycles. The summed E-state index contributed by atoms with van der Waals surface area (Å²) in [5.41, 5.74) is 3.85. The molecule has 0 atom stereocenters. The quantitative estimate of drug-likeness (QED) is 0.674. The van der Waals surface area contributed by atoms with Crippen molar-refractivity contribution in [2.75, 3.05) is 5.32 Å². The van der Waals surface area contributed by atoms with Crippen LogP contribution < -0.4 is 10.6 Å². The Morgan fingerprint density at radius 2 is 1.80 bits per heavy atom. The molecule has 2 N–H and O–H groups in total. The van der Waals surface area contributed by atoms with Crippen LogP contribution in [0.2, 0.25) is 0 Å². The lowest BCUT2D eigenvalue weighted by Crippen LogP contribution is -2.34. The Labute approximate surface area is 160 Å². The first-order valence-corrected chi connectivity index (χ1v) is 9.90. The SMILES string of the molecule is CC1(C)CC(C)(C)c2cc(NC(=S)NCc3ccccc3)ccc2S1. The van der Waals surface area contributed by atoms with E-state index in [9.17, 15) is 0 Å². The molecule has 132 valence electrons. The molecular formula is C21H26N2S2. The maximum atomic E-state index is 5.46. The highest BCUT2D eigenvalue weighted by Crippen LogP contribution is 2.51. The number of anilines is 1. The minimum Gasteiger partial charge on any atom is -0.358 e. The van der Waals surface area contributed by atoms with Crippen molar-refractivity contribution in [2.45, 2.75) is 55.7 Å². The molecule has 2 nitrogen and oxygen atoms in total. The van der Waals surface area contributed by atoms with Gasteiger partial charge in [-0.1, -0.05) is 58.0 Å². The first kappa shape index (κ1) is 18.3. The van der Waals surface area contributed by atoms with E-state index < -0.39 is 0 Å². The van der Waals surface area contributed by atoms with Crippen LogP contribution in [0.25, 0.3) is 0 Å². The maximum Gasteiger partial charge on any atom is 0.171 e. The third-order valence-corrected chi connectivity index (χ3v) is 6.04. The fraction of sp³-hybridized carbons (Fsp3) is 0.381. The standard InChI is InChI=1S/C21H26N2S2/c1-20(2)14-21(3,4)25-18-11-10-16(12-17(18)20)23-19(24)22-13-15-8-6-5-7-9-15/h5-12H,13-14H2,1-4H3,(H2,22,23,24). The van der Waals surface area contributed by atoms with E-state index in [4.69, 9.17) is 12.2 Å². The molecule has 0 radical (unpaired) electrons. The highest BCUT2D eigenvalue weighted by Gasteiger charge is 2.38. The van der Waals surface area contributed by atoms with Crippen LogP contribution in [0, 0.1) is 0 Å². The van der Waals surface area contributed by atoms with Gasteiger partial charge in [-0.25, -0.2) is 0 Å². The Hall–Kier alpha value is -1.52. The second-order valence-electron chi connectivity index (χ2n) is 7.93. The molecule has 1 heterocycles. The molecule has 0 unspecified atom stereocenters. The monoisotopic (exact) mass is 370 g/mol. The Morgan fingerprint density at radius 1 is 1.08 bits per heavy atom. The van der Waals surface area contributed by atoms with Crippen LogP contribution in [0.5, 0.6) is 0 Å². The van der Waals surface area contributed by atoms with Crippen molar-refractivity contribution in [1.82, 2.24) is 5.32 Å². The molecule has 25 heavy (non-hydrogen) atoms. The van der Waals surface area contributed by atoms with Gasteiger partial charge >= 0.3 is 0 Å². The summed E-state index contributed by atoms with van der Waals surface area (Å²) in [7, 11) is 0. The summed E-state index contributed by atoms with van der Waals surface area (Å²) in [6.07, 6.45) is 1.16. The lowest BCUT2D eigenvalue weighted by molar-refractivity contribution is 0.408. The molecule has 1 aliphatic rings. The molecule has 1 aliphatic heterocycles. The van der Waals surface area contributed by atoms with Crippen LogP contribution in [-0.4, -0.2) is 9.86 Å². The number of thioether (sulfide) groups is 1. The first-order chi connectivity index (χ1) is 11.8. The predicted octanol–water partition coefficient (Wildman–Crippen LogP) is 5.73. The lowest BCUT2D eigenvalue weighted by atomic mass is 9.77. The average Bonchev–Trinajstić information content (AvgIpc) is 2.53. The summed E-state index contributed by atoms with van der Waals surface area (Å²) >= 11 is 7.43. The zero-order valence-corrected chi connectivity index (χ0v) is 17.0. The Bertz CT molecular complexity index is 767. The van der Waals surface area contributed by atoms with E-state index in [1.165, 1.54) is 16.0 Å². The van der Waals surface area contributed by atoms with Gasteiger partial charge in [0.05, 0.1) is 0 Å². The highest BCUT2D eigenvalue weighted by atomic mass is 32.2. The molecule has 0 amide bonds. The van der Waals surface area contributed by atoms with Crippen LogP contribution in [0.4, 0.5) is 5.69 Å². The molecular weight excluding hydrogens is 344 g/mol. The molecule has 0 bridgehead atoms. The van der Waals surface area contributed by atoms with Gasteiger partial charge in [-0.3, -0.25) is 0 Å². The van der Waals surface area contributed by atoms with Crippen LogP contribution in [0.15, 0.2) is 53.4 Å². The number of hydrogen-bond donors (Lipinski definition) is 2. The minimum absolute atomic E-state index is 0.168. The Kier molecular flexibility index (Phi) is 5.12. The highest BCUT2D eigenvalue weighted by molar-refractivity contribution is 8.00. The number of hydrogen-bond acceptors (Lipinski definition) is 2. The summed E-state index contributed by atoms with van der Waals surface area (Å²) in [4.78, 5) is 1.38. The fourth-order valence-corrected chi connectivity index (χ4v) is 5.47. The van der Waals surface area contributed by atoms with Gasteiger partial charge in [0, 0.05) is 21.9 Å². The molecule has 0 spiro atoms. The van der Waals surface area contributed by atoms with Crippen LogP contribution in [0.3, 0.4) is 0 Å². The fourth-order valence-electron chi connectivity index (χ4n) is 3.67. The van der Waals surface area contributed by atoms with E-state index in [2.05, 4.69) is 68.7 Å². The smallest absolute Gasteiger partial charge is 0.171 e. The number of thiocarbonyl (C=S) groups is 1. The number of benzene rings is 2. The van der Waals surface area contributed by atoms with E-state index >= 15 is 0 Å². The average molecular weight is 371 g/mol. The van der Waals surface area contributed by atoms with Crippen molar-refractivity contribution in [3.63, 3.8) is 0 Å². The van der Waals surface area contributed by atoms with Crippen LogP contribution in [0.1, 0.15) is 45.2 Å². The van der Waals surface area contributed by atoms with Crippen molar-refractivity contribution in [1.29, 1.82) is 0 Å². The van der Waals surface area contributed by atoms with Crippen LogP contribution >= 0.6 is 24.0 Å². The van der Waals surface area contributed by atoms with Gasteiger partial charge in [-0.05, 0) is 53.4 Å². The van der Waals surface area contributed by atoms with E-state index in [0.717, 1.165) is 18.7 Å². The molecule has 0 aliphatic carbocycles. The van der Waals surface area contributed by atoms with Crippen molar-refractivity contribution < 1.29 is 0 Å². The second-order valence-corrected chi connectivity index (χ2v) is 10.1. The normalized spacial score (nSPS) is 17.4. The second kappa shape index (κ2) is 7.00. The van der Waals surface area contributed by atoms with Gasteiger partial charge in [-0.2, -0.15) is 0 Å². The Balaban J connectivity index is 1.69.